The van der Waals surface area contributed by atoms with E-state index in [2.05, 4.69) is 25.2 Å². The predicted molar refractivity (Wildman–Crippen MR) is 65.2 cm³/mol. The number of carbonyl (C=O) groups is 1. The second-order valence-electron chi connectivity index (χ2n) is 4.77. The van der Waals surface area contributed by atoms with Crippen molar-refractivity contribution in [2.75, 3.05) is 19.7 Å². The van der Waals surface area contributed by atoms with Gasteiger partial charge in [-0.1, -0.05) is 11.6 Å². The molecule has 1 N–H and O–H groups in total. The third-order valence-electron chi connectivity index (χ3n) is 3.08. The van der Waals surface area contributed by atoms with E-state index < -0.39 is 0 Å². The van der Waals surface area contributed by atoms with Crippen molar-refractivity contribution in [2.45, 2.75) is 40.0 Å². The summed E-state index contributed by atoms with van der Waals surface area (Å²) < 4.78 is 5.21. The van der Waals surface area contributed by atoms with Gasteiger partial charge in [0.1, 0.15) is 0 Å². The minimum atomic E-state index is -0.328. The standard InChI is InChI=1S/C13H23NO2/c1-4-16-12(15)13(8-6-11(2)3)7-5-9-14-10-13/h6,14H,4-5,7-10H2,1-3H3/t13-/m0/s1. The highest BCUT2D eigenvalue weighted by Gasteiger charge is 2.39. The molecule has 3 nitrogen and oxygen atoms in total. The van der Waals surface area contributed by atoms with Crippen LogP contribution in [0.15, 0.2) is 11.6 Å². The number of rotatable bonds is 4. The Hall–Kier alpha value is -0.830. The summed E-state index contributed by atoms with van der Waals surface area (Å²) in [6.45, 7) is 8.22. The van der Waals surface area contributed by atoms with E-state index in [1.165, 1.54) is 5.57 Å². The van der Waals surface area contributed by atoms with Crippen molar-refractivity contribution in [2.24, 2.45) is 5.41 Å². The van der Waals surface area contributed by atoms with E-state index in [1.54, 1.807) is 0 Å². The van der Waals surface area contributed by atoms with E-state index in [-0.39, 0.29) is 11.4 Å². The Labute approximate surface area is 98.2 Å². The molecule has 1 saturated heterocycles. The van der Waals surface area contributed by atoms with Crippen LogP contribution in [-0.4, -0.2) is 25.7 Å². The number of allylic oxidation sites excluding steroid dienone is 2. The first kappa shape index (κ1) is 13.2. The molecule has 16 heavy (non-hydrogen) atoms. The number of esters is 1. The van der Waals surface area contributed by atoms with E-state index >= 15 is 0 Å². The van der Waals surface area contributed by atoms with E-state index in [0.717, 1.165) is 32.4 Å². The Kier molecular flexibility index (Phi) is 5.00. The van der Waals surface area contributed by atoms with Crippen molar-refractivity contribution in [3.05, 3.63) is 11.6 Å². The summed E-state index contributed by atoms with van der Waals surface area (Å²) in [5, 5.41) is 3.31. The van der Waals surface area contributed by atoms with Crippen molar-refractivity contribution >= 4 is 5.97 Å². The zero-order valence-corrected chi connectivity index (χ0v) is 10.6. The molecule has 0 aromatic heterocycles. The van der Waals surface area contributed by atoms with Gasteiger partial charge in [0.05, 0.1) is 12.0 Å². The van der Waals surface area contributed by atoms with Crippen LogP contribution in [0.5, 0.6) is 0 Å². The van der Waals surface area contributed by atoms with Gasteiger partial charge in [0.15, 0.2) is 0 Å². The molecule has 0 amide bonds. The summed E-state index contributed by atoms with van der Waals surface area (Å²) in [6, 6.07) is 0. The van der Waals surface area contributed by atoms with Gasteiger partial charge in [-0.15, -0.1) is 0 Å². The maximum absolute atomic E-state index is 12.0. The highest BCUT2D eigenvalue weighted by atomic mass is 16.5. The molecule has 3 heteroatoms. The minimum Gasteiger partial charge on any atom is -0.466 e. The van der Waals surface area contributed by atoms with Gasteiger partial charge in [-0.2, -0.15) is 0 Å². The summed E-state index contributed by atoms with van der Waals surface area (Å²) in [4.78, 5) is 12.0. The molecule has 0 unspecified atom stereocenters. The Morgan fingerprint density at radius 3 is 2.75 bits per heavy atom. The fraction of sp³-hybridized carbons (Fsp3) is 0.769. The summed E-state index contributed by atoms with van der Waals surface area (Å²) in [5.74, 6) is -0.0419. The topological polar surface area (TPSA) is 38.3 Å². The van der Waals surface area contributed by atoms with E-state index in [1.807, 2.05) is 6.92 Å². The van der Waals surface area contributed by atoms with Crippen LogP contribution in [0, 0.1) is 5.41 Å². The summed E-state index contributed by atoms with van der Waals surface area (Å²) in [5.41, 5.74) is 0.931. The average molecular weight is 225 g/mol. The lowest BCUT2D eigenvalue weighted by atomic mass is 9.77. The SMILES string of the molecule is CCOC(=O)[C@]1(CC=C(C)C)CCCNC1. The molecule has 1 aliphatic rings. The molecule has 0 bridgehead atoms. The normalized spacial score (nSPS) is 24.9. The third-order valence-corrected chi connectivity index (χ3v) is 3.08. The maximum Gasteiger partial charge on any atom is 0.313 e. The second-order valence-corrected chi connectivity index (χ2v) is 4.77. The summed E-state index contributed by atoms with van der Waals surface area (Å²) in [7, 11) is 0. The molecular weight excluding hydrogens is 202 g/mol. The van der Waals surface area contributed by atoms with Crippen LogP contribution in [0.4, 0.5) is 0 Å². The predicted octanol–water partition coefficient (Wildman–Crippen LogP) is 2.28. The van der Waals surface area contributed by atoms with Gasteiger partial charge in [-0.3, -0.25) is 4.79 Å². The fourth-order valence-corrected chi connectivity index (χ4v) is 2.08. The van der Waals surface area contributed by atoms with Crippen LogP contribution in [0.3, 0.4) is 0 Å². The molecule has 92 valence electrons. The van der Waals surface area contributed by atoms with Gasteiger partial charge in [0, 0.05) is 6.54 Å². The van der Waals surface area contributed by atoms with Crippen LogP contribution in [0.1, 0.15) is 40.0 Å². The lowest BCUT2D eigenvalue weighted by Crippen LogP contribution is -2.46. The van der Waals surface area contributed by atoms with Gasteiger partial charge in [-0.25, -0.2) is 0 Å². The van der Waals surface area contributed by atoms with Gasteiger partial charge < -0.3 is 10.1 Å². The molecule has 0 aliphatic carbocycles. The average Bonchev–Trinajstić information content (AvgIpc) is 2.28. The Morgan fingerprint density at radius 2 is 2.25 bits per heavy atom. The van der Waals surface area contributed by atoms with Crippen molar-refractivity contribution in [1.82, 2.24) is 5.32 Å². The van der Waals surface area contributed by atoms with Crippen molar-refractivity contribution in [1.29, 1.82) is 0 Å². The molecular formula is C13H23NO2. The number of piperidine rings is 1. The Bertz CT molecular complexity index is 261. The zero-order valence-electron chi connectivity index (χ0n) is 10.6. The number of nitrogens with one attached hydrogen (secondary N) is 1. The molecule has 0 aromatic rings. The monoisotopic (exact) mass is 225 g/mol. The summed E-state index contributed by atoms with van der Waals surface area (Å²) >= 11 is 0. The van der Waals surface area contributed by atoms with E-state index in [9.17, 15) is 4.79 Å². The van der Waals surface area contributed by atoms with Crippen LogP contribution in [0.25, 0.3) is 0 Å². The fourth-order valence-electron chi connectivity index (χ4n) is 2.08. The van der Waals surface area contributed by atoms with Gasteiger partial charge >= 0.3 is 5.97 Å². The highest BCUT2D eigenvalue weighted by Crippen LogP contribution is 2.32. The number of ether oxygens (including phenoxy) is 1. The zero-order chi connectivity index (χ0) is 12.0. The van der Waals surface area contributed by atoms with Crippen LogP contribution in [-0.2, 0) is 9.53 Å². The molecule has 0 aromatic carbocycles. The smallest absolute Gasteiger partial charge is 0.313 e. The van der Waals surface area contributed by atoms with Crippen LogP contribution < -0.4 is 5.32 Å². The van der Waals surface area contributed by atoms with E-state index in [4.69, 9.17) is 4.74 Å². The molecule has 0 spiro atoms. The summed E-state index contributed by atoms with van der Waals surface area (Å²) in [6.07, 6.45) is 4.92. The van der Waals surface area contributed by atoms with E-state index in [0.29, 0.717) is 6.61 Å². The molecule has 0 radical (unpaired) electrons. The molecule has 1 atom stereocenters. The lowest BCUT2D eigenvalue weighted by Gasteiger charge is -2.34. The molecule has 1 aliphatic heterocycles. The van der Waals surface area contributed by atoms with Crippen molar-refractivity contribution in [3.8, 4) is 0 Å². The Balaban J connectivity index is 2.74. The number of carbonyl (C=O) groups excluding carboxylic acids is 1. The number of hydrogen-bond donors (Lipinski definition) is 1. The molecule has 0 saturated carbocycles. The van der Waals surface area contributed by atoms with Gasteiger partial charge in [0.25, 0.3) is 0 Å². The van der Waals surface area contributed by atoms with Crippen LogP contribution >= 0.6 is 0 Å². The maximum atomic E-state index is 12.0. The molecule has 1 heterocycles. The van der Waals surface area contributed by atoms with Gasteiger partial charge in [0.2, 0.25) is 0 Å². The molecule has 1 rings (SSSR count). The number of hydrogen-bond acceptors (Lipinski definition) is 3. The first-order valence-corrected chi connectivity index (χ1v) is 6.12. The first-order valence-electron chi connectivity index (χ1n) is 6.12. The van der Waals surface area contributed by atoms with Crippen molar-refractivity contribution in [3.63, 3.8) is 0 Å². The third kappa shape index (κ3) is 3.34. The quantitative estimate of drug-likeness (QED) is 0.589. The Morgan fingerprint density at radius 1 is 1.50 bits per heavy atom. The second kappa shape index (κ2) is 6.04. The van der Waals surface area contributed by atoms with Crippen molar-refractivity contribution < 1.29 is 9.53 Å². The molecule has 1 fully saturated rings. The largest absolute Gasteiger partial charge is 0.466 e. The lowest BCUT2D eigenvalue weighted by molar-refractivity contribution is -0.156. The van der Waals surface area contributed by atoms with Crippen LogP contribution in [0.2, 0.25) is 0 Å². The first-order chi connectivity index (χ1) is 7.60. The van der Waals surface area contributed by atoms with Gasteiger partial charge in [-0.05, 0) is 46.6 Å². The highest BCUT2D eigenvalue weighted by molar-refractivity contribution is 5.77. The minimum absolute atomic E-state index is 0.0419.